The summed E-state index contributed by atoms with van der Waals surface area (Å²) in [5, 5.41) is 2.74. The number of esters is 1. The number of aryl methyl sites for hydroxylation is 2. The Morgan fingerprint density at radius 3 is 2.52 bits per heavy atom. The normalized spacial score (nSPS) is 16.5. The number of rotatable bonds is 7. The number of anilines is 1. The Morgan fingerprint density at radius 1 is 1.03 bits per heavy atom. The summed E-state index contributed by atoms with van der Waals surface area (Å²) in [6, 6.07) is 12.1. The second-order valence-corrected chi connectivity index (χ2v) is 9.85. The van der Waals surface area contributed by atoms with Crippen LogP contribution in [-0.2, 0) is 41.9 Å². The van der Waals surface area contributed by atoms with Gasteiger partial charge in [0.1, 0.15) is 0 Å². The van der Waals surface area contributed by atoms with E-state index in [-0.39, 0.29) is 4.90 Å². The maximum absolute atomic E-state index is 12.6. The van der Waals surface area contributed by atoms with E-state index in [0.717, 1.165) is 19.3 Å². The van der Waals surface area contributed by atoms with Crippen molar-refractivity contribution in [1.82, 2.24) is 4.31 Å². The van der Waals surface area contributed by atoms with E-state index in [1.807, 2.05) is 18.2 Å². The number of carbonyl (C=O) groups is 2. The zero-order valence-corrected chi connectivity index (χ0v) is 19.0. The van der Waals surface area contributed by atoms with Gasteiger partial charge < -0.3 is 14.8 Å². The lowest BCUT2D eigenvalue weighted by Crippen LogP contribution is -2.40. The van der Waals surface area contributed by atoms with E-state index < -0.39 is 28.5 Å². The Balaban J connectivity index is 1.26. The van der Waals surface area contributed by atoms with Gasteiger partial charge in [0.25, 0.3) is 5.91 Å². The van der Waals surface area contributed by atoms with Gasteiger partial charge in [-0.15, -0.1) is 0 Å². The Bertz CT molecular complexity index is 1150. The predicted molar refractivity (Wildman–Crippen MR) is 123 cm³/mol. The molecule has 0 atom stereocenters. The zero-order valence-electron chi connectivity index (χ0n) is 18.2. The topological polar surface area (TPSA) is 102 Å². The van der Waals surface area contributed by atoms with Gasteiger partial charge in [-0.1, -0.05) is 18.2 Å². The molecular formula is C24H26N2O6S. The summed E-state index contributed by atoms with van der Waals surface area (Å²) in [5.74, 6) is -1.07. The fourth-order valence-corrected chi connectivity index (χ4v) is 5.29. The molecule has 0 aromatic heterocycles. The molecule has 0 radical (unpaired) electrons. The molecule has 0 unspecified atom stereocenters. The minimum atomic E-state index is -3.56. The lowest BCUT2D eigenvalue weighted by atomic mass is 10.1. The van der Waals surface area contributed by atoms with Gasteiger partial charge >= 0.3 is 5.97 Å². The monoisotopic (exact) mass is 470 g/mol. The highest BCUT2D eigenvalue weighted by atomic mass is 32.2. The molecule has 1 aliphatic carbocycles. The van der Waals surface area contributed by atoms with E-state index in [1.165, 1.54) is 39.7 Å². The summed E-state index contributed by atoms with van der Waals surface area (Å²) >= 11 is 0. The van der Waals surface area contributed by atoms with E-state index >= 15 is 0 Å². The summed E-state index contributed by atoms with van der Waals surface area (Å²) in [5.41, 5.74) is 3.89. The predicted octanol–water partition coefficient (Wildman–Crippen LogP) is 2.39. The highest BCUT2D eigenvalue weighted by Gasteiger charge is 2.26. The van der Waals surface area contributed by atoms with Crippen LogP contribution in [0.2, 0.25) is 0 Å². The Labute approximate surface area is 193 Å². The van der Waals surface area contributed by atoms with E-state index in [1.54, 1.807) is 12.1 Å². The van der Waals surface area contributed by atoms with Crippen molar-refractivity contribution in [3.63, 3.8) is 0 Å². The van der Waals surface area contributed by atoms with Crippen molar-refractivity contribution in [2.45, 2.75) is 24.2 Å². The van der Waals surface area contributed by atoms with Crippen LogP contribution in [0.25, 0.3) is 6.08 Å². The first-order valence-electron chi connectivity index (χ1n) is 10.9. The number of carbonyl (C=O) groups excluding carboxylic acids is 2. The van der Waals surface area contributed by atoms with Crippen molar-refractivity contribution in [3.8, 4) is 0 Å². The molecule has 2 aromatic rings. The number of hydrogen-bond donors (Lipinski definition) is 1. The first kappa shape index (κ1) is 23.2. The fourth-order valence-electron chi connectivity index (χ4n) is 3.88. The molecule has 0 saturated carbocycles. The summed E-state index contributed by atoms with van der Waals surface area (Å²) in [7, 11) is -3.56. The molecule has 2 aromatic carbocycles. The number of sulfonamides is 1. The Morgan fingerprint density at radius 2 is 1.76 bits per heavy atom. The molecule has 1 heterocycles. The van der Waals surface area contributed by atoms with Crippen LogP contribution < -0.4 is 5.32 Å². The molecular weight excluding hydrogens is 444 g/mol. The van der Waals surface area contributed by atoms with E-state index in [4.69, 9.17) is 9.47 Å². The lowest BCUT2D eigenvalue weighted by Gasteiger charge is -2.26. The van der Waals surface area contributed by atoms with Gasteiger partial charge in [-0.05, 0) is 66.3 Å². The summed E-state index contributed by atoms with van der Waals surface area (Å²) < 4.78 is 36.9. The highest BCUT2D eigenvalue weighted by Crippen LogP contribution is 2.25. The molecule has 4 rings (SSSR count). The molecule has 174 valence electrons. The van der Waals surface area contributed by atoms with Crippen LogP contribution in [0.3, 0.4) is 0 Å². The number of amides is 1. The van der Waals surface area contributed by atoms with Crippen LogP contribution in [0.5, 0.6) is 0 Å². The zero-order chi connectivity index (χ0) is 23.3. The first-order valence-corrected chi connectivity index (χ1v) is 12.3. The van der Waals surface area contributed by atoms with Crippen LogP contribution in [-0.4, -0.2) is 57.5 Å². The molecule has 1 fully saturated rings. The number of fused-ring (bicyclic) bond motifs is 1. The summed E-state index contributed by atoms with van der Waals surface area (Å²) in [6.07, 6.45) is 5.92. The fraction of sp³-hybridized carbons (Fsp3) is 0.333. The maximum Gasteiger partial charge on any atom is 0.331 e. The van der Waals surface area contributed by atoms with Crippen LogP contribution in [0.4, 0.5) is 5.69 Å². The third kappa shape index (κ3) is 5.87. The third-order valence-electron chi connectivity index (χ3n) is 5.63. The molecule has 1 saturated heterocycles. The van der Waals surface area contributed by atoms with Gasteiger partial charge in [-0.3, -0.25) is 4.79 Å². The minimum Gasteiger partial charge on any atom is -0.452 e. The van der Waals surface area contributed by atoms with Gasteiger partial charge in [0.15, 0.2) is 6.61 Å². The van der Waals surface area contributed by atoms with Crippen LogP contribution >= 0.6 is 0 Å². The van der Waals surface area contributed by atoms with Gasteiger partial charge in [0.2, 0.25) is 10.0 Å². The van der Waals surface area contributed by atoms with Crippen LogP contribution in [0, 0.1) is 0 Å². The van der Waals surface area contributed by atoms with E-state index in [2.05, 4.69) is 5.32 Å². The van der Waals surface area contributed by atoms with Gasteiger partial charge in [-0.2, -0.15) is 4.31 Å². The number of nitrogens with one attached hydrogen (secondary N) is 1. The van der Waals surface area contributed by atoms with Crippen molar-refractivity contribution in [3.05, 3.63) is 65.2 Å². The van der Waals surface area contributed by atoms with Crippen molar-refractivity contribution < 1.29 is 27.5 Å². The Kier molecular flexibility index (Phi) is 7.22. The minimum absolute atomic E-state index is 0.187. The first-order chi connectivity index (χ1) is 15.9. The summed E-state index contributed by atoms with van der Waals surface area (Å²) in [6.45, 7) is 1.03. The lowest BCUT2D eigenvalue weighted by molar-refractivity contribution is -0.142. The van der Waals surface area contributed by atoms with Gasteiger partial charge in [0.05, 0.1) is 18.1 Å². The number of hydrogen-bond acceptors (Lipinski definition) is 6. The molecule has 2 aliphatic rings. The van der Waals surface area contributed by atoms with Crippen molar-refractivity contribution in [2.24, 2.45) is 0 Å². The number of morpholine rings is 1. The molecule has 1 aliphatic heterocycles. The number of benzene rings is 2. The van der Waals surface area contributed by atoms with Crippen LogP contribution in [0.1, 0.15) is 23.1 Å². The molecule has 0 spiro atoms. The molecule has 9 heteroatoms. The molecule has 33 heavy (non-hydrogen) atoms. The van der Waals surface area contributed by atoms with Gasteiger partial charge in [0, 0.05) is 24.9 Å². The highest BCUT2D eigenvalue weighted by molar-refractivity contribution is 7.89. The quantitative estimate of drug-likeness (QED) is 0.493. The molecule has 1 amide bonds. The van der Waals surface area contributed by atoms with E-state index in [0.29, 0.717) is 37.6 Å². The second-order valence-electron chi connectivity index (χ2n) is 7.91. The maximum atomic E-state index is 12.6. The molecule has 0 bridgehead atoms. The standard InChI is InChI=1S/C24H26N2O6S/c27-23(25-21-8-7-19-2-1-3-20(19)16-21)17-32-24(28)11-6-18-4-9-22(10-5-18)33(29,30)26-12-14-31-15-13-26/h4-11,16H,1-3,12-15,17H2,(H,25,27). The number of ether oxygens (including phenoxy) is 2. The average molecular weight is 471 g/mol. The van der Waals surface area contributed by atoms with Gasteiger partial charge in [-0.25, -0.2) is 13.2 Å². The number of nitrogens with zero attached hydrogens (tertiary/aromatic N) is 1. The largest absolute Gasteiger partial charge is 0.452 e. The van der Waals surface area contributed by atoms with Crippen molar-refractivity contribution >= 4 is 33.7 Å². The smallest absolute Gasteiger partial charge is 0.331 e. The van der Waals surface area contributed by atoms with Crippen molar-refractivity contribution in [2.75, 3.05) is 38.2 Å². The third-order valence-corrected chi connectivity index (χ3v) is 7.54. The SMILES string of the molecule is O=C(COC(=O)C=Cc1ccc(S(=O)(=O)N2CCOCC2)cc1)Nc1ccc2c(c1)CCC2. The average Bonchev–Trinajstić information content (AvgIpc) is 3.30. The Hall–Kier alpha value is -3.01. The van der Waals surface area contributed by atoms with Crippen molar-refractivity contribution in [1.29, 1.82) is 0 Å². The summed E-state index contributed by atoms with van der Waals surface area (Å²) in [4.78, 5) is 24.2. The van der Waals surface area contributed by atoms with Crippen LogP contribution in [0.15, 0.2) is 53.4 Å². The van der Waals surface area contributed by atoms with E-state index in [9.17, 15) is 18.0 Å². The molecule has 8 nitrogen and oxygen atoms in total. The second kappa shape index (κ2) is 10.3. The molecule has 1 N–H and O–H groups in total.